The van der Waals surface area contributed by atoms with E-state index in [1.165, 1.54) is 12.1 Å². The molecular formula is C22H26N4O5. The first kappa shape index (κ1) is 22.5. The monoisotopic (exact) mass is 426 g/mol. The number of hydrogen-bond acceptors (Lipinski definition) is 8. The molecule has 0 aliphatic rings. The highest BCUT2D eigenvalue weighted by Gasteiger charge is 2.21. The second-order valence-corrected chi connectivity index (χ2v) is 7.45. The van der Waals surface area contributed by atoms with E-state index in [1.807, 2.05) is 44.2 Å². The lowest BCUT2D eigenvalue weighted by Gasteiger charge is -2.19. The Labute approximate surface area is 180 Å². The van der Waals surface area contributed by atoms with E-state index < -0.39 is 11.0 Å². The van der Waals surface area contributed by atoms with Gasteiger partial charge in [-0.2, -0.15) is 4.98 Å². The number of nitro groups is 1. The standard InChI is InChI=1S/C22H26N4O5/c1-15(2)30-14-19(27)13-23-20(12-16-6-4-3-5-7-16)22-24-21(25-31-22)17-8-10-18(11-9-17)26(28)29/h3-11,15,19-20,23,27H,12-14H2,1-2H3/t19-,20+/m1/s1. The molecule has 1 aromatic heterocycles. The van der Waals surface area contributed by atoms with Gasteiger partial charge in [-0.3, -0.25) is 10.1 Å². The Morgan fingerprint density at radius 3 is 2.52 bits per heavy atom. The Hall–Kier alpha value is -3.14. The van der Waals surface area contributed by atoms with E-state index in [9.17, 15) is 15.2 Å². The molecule has 0 saturated carbocycles. The van der Waals surface area contributed by atoms with Crippen molar-refractivity contribution in [2.45, 2.75) is 38.5 Å². The summed E-state index contributed by atoms with van der Waals surface area (Å²) in [7, 11) is 0. The molecule has 1 heterocycles. The molecule has 3 aromatic rings. The number of nitro benzene ring substituents is 1. The Kier molecular flexibility index (Phi) is 7.82. The number of non-ortho nitro benzene ring substituents is 1. The molecule has 0 fully saturated rings. The number of ether oxygens (including phenoxy) is 1. The van der Waals surface area contributed by atoms with Gasteiger partial charge in [-0.25, -0.2) is 0 Å². The maximum atomic E-state index is 10.8. The van der Waals surface area contributed by atoms with Crippen LogP contribution in [0.15, 0.2) is 59.1 Å². The largest absolute Gasteiger partial charge is 0.389 e. The van der Waals surface area contributed by atoms with E-state index in [-0.39, 0.29) is 24.4 Å². The average molecular weight is 426 g/mol. The molecule has 164 valence electrons. The lowest BCUT2D eigenvalue weighted by Crippen LogP contribution is -2.34. The summed E-state index contributed by atoms with van der Waals surface area (Å²) in [6.07, 6.45) is -0.0618. The van der Waals surface area contributed by atoms with Crippen molar-refractivity contribution in [3.05, 3.63) is 76.2 Å². The van der Waals surface area contributed by atoms with Gasteiger partial charge in [-0.1, -0.05) is 35.5 Å². The van der Waals surface area contributed by atoms with Crippen LogP contribution in [-0.4, -0.2) is 45.5 Å². The first-order valence-electron chi connectivity index (χ1n) is 10.1. The molecule has 3 rings (SSSR count). The Bertz CT molecular complexity index is 960. The smallest absolute Gasteiger partial charge is 0.269 e. The van der Waals surface area contributed by atoms with Crippen molar-refractivity contribution in [1.82, 2.24) is 15.5 Å². The molecule has 0 saturated heterocycles. The van der Waals surface area contributed by atoms with Crippen LogP contribution in [0.1, 0.15) is 31.3 Å². The molecule has 9 heteroatoms. The minimum Gasteiger partial charge on any atom is -0.389 e. The summed E-state index contributed by atoms with van der Waals surface area (Å²) in [6.45, 7) is 4.34. The summed E-state index contributed by atoms with van der Waals surface area (Å²) in [5, 5.41) is 28.4. The van der Waals surface area contributed by atoms with Crippen LogP contribution in [0.4, 0.5) is 5.69 Å². The quantitative estimate of drug-likeness (QED) is 0.354. The predicted octanol–water partition coefficient (Wildman–Crippen LogP) is 3.30. The van der Waals surface area contributed by atoms with Gasteiger partial charge in [0.05, 0.1) is 29.8 Å². The zero-order valence-electron chi connectivity index (χ0n) is 17.5. The number of benzene rings is 2. The van der Waals surface area contributed by atoms with Crippen LogP contribution in [0.25, 0.3) is 11.4 Å². The van der Waals surface area contributed by atoms with Crippen LogP contribution in [0.3, 0.4) is 0 Å². The molecule has 2 aromatic carbocycles. The highest BCUT2D eigenvalue weighted by atomic mass is 16.6. The third-order valence-electron chi connectivity index (χ3n) is 4.58. The maximum absolute atomic E-state index is 10.8. The van der Waals surface area contributed by atoms with Crippen molar-refractivity contribution in [1.29, 1.82) is 0 Å². The Balaban J connectivity index is 1.74. The number of nitrogens with zero attached hydrogens (tertiary/aromatic N) is 3. The molecule has 2 N–H and O–H groups in total. The lowest BCUT2D eigenvalue weighted by molar-refractivity contribution is -0.384. The van der Waals surface area contributed by atoms with Gasteiger partial charge in [0.15, 0.2) is 0 Å². The summed E-state index contributed by atoms with van der Waals surface area (Å²) >= 11 is 0. The lowest BCUT2D eigenvalue weighted by atomic mass is 10.1. The van der Waals surface area contributed by atoms with Crippen molar-refractivity contribution in [3.63, 3.8) is 0 Å². The highest BCUT2D eigenvalue weighted by molar-refractivity contribution is 5.56. The van der Waals surface area contributed by atoms with Gasteiger partial charge in [-0.15, -0.1) is 0 Å². The van der Waals surface area contributed by atoms with E-state index >= 15 is 0 Å². The minimum absolute atomic E-state index is 0.00584. The van der Waals surface area contributed by atoms with Crippen molar-refractivity contribution >= 4 is 5.69 Å². The number of aromatic nitrogens is 2. The molecule has 0 unspecified atom stereocenters. The van der Waals surface area contributed by atoms with Crippen molar-refractivity contribution in [2.24, 2.45) is 0 Å². The van der Waals surface area contributed by atoms with Crippen molar-refractivity contribution < 1.29 is 19.3 Å². The van der Waals surface area contributed by atoms with Gasteiger partial charge < -0.3 is 19.7 Å². The van der Waals surface area contributed by atoms with Crippen LogP contribution in [0.5, 0.6) is 0 Å². The summed E-state index contributed by atoms with van der Waals surface area (Å²) in [4.78, 5) is 14.9. The molecule has 0 aliphatic carbocycles. The molecule has 31 heavy (non-hydrogen) atoms. The number of nitrogens with one attached hydrogen (secondary N) is 1. The zero-order valence-corrected chi connectivity index (χ0v) is 17.5. The van der Waals surface area contributed by atoms with Gasteiger partial charge in [-0.05, 0) is 38.0 Å². The third-order valence-corrected chi connectivity index (χ3v) is 4.58. The highest BCUT2D eigenvalue weighted by Crippen LogP contribution is 2.23. The molecular weight excluding hydrogens is 400 g/mol. The van der Waals surface area contributed by atoms with Crippen LogP contribution in [-0.2, 0) is 11.2 Å². The second kappa shape index (κ2) is 10.8. The molecule has 0 radical (unpaired) electrons. The number of aliphatic hydroxyl groups excluding tert-OH is 1. The van der Waals surface area contributed by atoms with Gasteiger partial charge in [0.1, 0.15) is 0 Å². The first-order valence-corrected chi connectivity index (χ1v) is 10.1. The molecule has 0 amide bonds. The molecule has 0 aliphatic heterocycles. The maximum Gasteiger partial charge on any atom is 0.269 e. The van der Waals surface area contributed by atoms with Crippen LogP contribution in [0.2, 0.25) is 0 Å². The van der Waals surface area contributed by atoms with Crippen molar-refractivity contribution in [3.8, 4) is 11.4 Å². The van der Waals surface area contributed by atoms with E-state index in [4.69, 9.17) is 9.26 Å². The molecule has 9 nitrogen and oxygen atoms in total. The number of rotatable bonds is 11. The van der Waals surface area contributed by atoms with Gasteiger partial charge >= 0.3 is 0 Å². The summed E-state index contributed by atoms with van der Waals surface area (Å²) < 4.78 is 11.0. The molecule has 2 atom stereocenters. The normalized spacial score (nSPS) is 13.3. The summed E-state index contributed by atoms with van der Waals surface area (Å²) in [5.41, 5.74) is 1.68. The number of hydrogen-bond donors (Lipinski definition) is 2. The molecule has 0 spiro atoms. The summed E-state index contributed by atoms with van der Waals surface area (Å²) in [6, 6.07) is 15.5. The fourth-order valence-corrected chi connectivity index (χ4v) is 2.96. The van der Waals surface area contributed by atoms with Crippen LogP contribution in [0, 0.1) is 10.1 Å². The SMILES string of the molecule is CC(C)OC[C@H](O)CN[C@@H](Cc1ccccc1)c1nc(-c2ccc([N+](=O)[O-])cc2)no1. The van der Waals surface area contributed by atoms with Crippen LogP contribution < -0.4 is 5.32 Å². The Morgan fingerprint density at radius 1 is 1.16 bits per heavy atom. The topological polar surface area (TPSA) is 124 Å². The van der Waals surface area contributed by atoms with E-state index in [1.54, 1.807) is 12.1 Å². The van der Waals surface area contributed by atoms with Gasteiger partial charge in [0.2, 0.25) is 11.7 Å². The van der Waals surface area contributed by atoms with Gasteiger partial charge in [0.25, 0.3) is 5.69 Å². The van der Waals surface area contributed by atoms with Crippen molar-refractivity contribution in [2.75, 3.05) is 13.2 Å². The van der Waals surface area contributed by atoms with E-state index in [0.717, 1.165) is 5.56 Å². The fourth-order valence-electron chi connectivity index (χ4n) is 2.96. The van der Waals surface area contributed by atoms with Crippen LogP contribution >= 0.6 is 0 Å². The predicted molar refractivity (Wildman–Crippen MR) is 114 cm³/mol. The minimum atomic E-state index is -0.683. The molecule has 0 bridgehead atoms. The average Bonchev–Trinajstić information content (AvgIpc) is 3.26. The zero-order chi connectivity index (χ0) is 22.2. The number of aliphatic hydroxyl groups is 1. The third kappa shape index (κ3) is 6.68. The fraction of sp³-hybridized carbons (Fsp3) is 0.364. The van der Waals surface area contributed by atoms with E-state index in [2.05, 4.69) is 15.5 Å². The second-order valence-electron chi connectivity index (χ2n) is 7.45. The van der Waals surface area contributed by atoms with E-state index in [0.29, 0.717) is 30.2 Å². The summed E-state index contributed by atoms with van der Waals surface area (Å²) in [5.74, 6) is 0.711. The Morgan fingerprint density at radius 2 is 1.87 bits per heavy atom. The first-order chi connectivity index (χ1) is 14.9. The van der Waals surface area contributed by atoms with Gasteiger partial charge in [0, 0.05) is 24.2 Å².